The van der Waals surface area contributed by atoms with E-state index in [1.165, 1.54) is 0 Å². The highest BCUT2D eigenvalue weighted by atomic mass is 19.4. The van der Waals surface area contributed by atoms with Crippen LogP contribution in [0.3, 0.4) is 0 Å². The van der Waals surface area contributed by atoms with Crippen LogP contribution in [0.15, 0.2) is 115 Å². The smallest absolute Gasteiger partial charge is 0.319 e. The van der Waals surface area contributed by atoms with Crippen LogP contribution in [0, 0.1) is 6.33 Å². The third kappa shape index (κ3) is 4.58. The summed E-state index contributed by atoms with van der Waals surface area (Å²) >= 11 is 0. The lowest BCUT2D eigenvalue weighted by Crippen LogP contribution is -2.30. The Kier molecular flexibility index (Phi) is 6.28. The first-order valence-electron chi connectivity index (χ1n) is 13.7. The van der Waals surface area contributed by atoms with Gasteiger partial charge in [-0.15, -0.1) is 0 Å². The maximum atomic E-state index is 14.0. The van der Waals surface area contributed by atoms with E-state index in [0.29, 0.717) is 22.2 Å². The zero-order valence-corrected chi connectivity index (χ0v) is 23.1. The first-order valence-corrected chi connectivity index (χ1v) is 13.7. The third-order valence-electron chi connectivity index (χ3n) is 7.96. The molecule has 0 radical (unpaired) electrons. The van der Waals surface area contributed by atoms with Crippen LogP contribution in [0.4, 0.5) is 26.3 Å². The maximum Gasteiger partial charge on any atom is 0.416 e. The van der Waals surface area contributed by atoms with Crippen molar-refractivity contribution >= 4 is 32.6 Å². The summed E-state index contributed by atoms with van der Waals surface area (Å²) in [6.07, 6.45) is -6.62. The number of fused-ring (bicyclic) bond motifs is 3. The Labute approximate surface area is 248 Å². The van der Waals surface area contributed by atoms with Gasteiger partial charge in [-0.3, -0.25) is 0 Å². The second-order valence-electron chi connectivity index (χ2n) is 10.7. The Balaban J connectivity index is 1.66. The highest BCUT2D eigenvalue weighted by molar-refractivity contribution is 6.12. The van der Waals surface area contributed by atoms with Crippen LogP contribution in [0.2, 0.25) is 0 Å². The molecule has 8 heteroatoms. The Morgan fingerprint density at radius 3 is 1.77 bits per heavy atom. The molecule has 0 N–H and O–H groups in total. The number of aromatic nitrogens is 2. The van der Waals surface area contributed by atoms with Crippen LogP contribution in [-0.2, 0) is 19.4 Å². The monoisotopic (exact) mass is 596 g/mol. The standard InChI is InChI=1S/C36H22F6N2/c1-43-21-44(31-13-7-6-12-30(31)43)32-17-15-23-9-3-5-11-28(23)34(32)33-27-10-4-2-8-22(27)14-16-29(33)24-18-25(35(37,38)39)20-26(19-24)36(40,41)42/h2-20H,1H3. The zero-order valence-electron chi connectivity index (χ0n) is 23.1. The van der Waals surface area contributed by atoms with Gasteiger partial charge in [0.25, 0.3) is 0 Å². The molecule has 0 aliphatic heterocycles. The molecular weight excluding hydrogens is 574 g/mol. The van der Waals surface area contributed by atoms with Crippen LogP contribution >= 0.6 is 0 Å². The highest BCUT2D eigenvalue weighted by Crippen LogP contribution is 2.46. The van der Waals surface area contributed by atoms with Crippen molar-refractivity contribution < 1.29 is 30.9 Å². The molecule has 1 heterocycles. The number of benzene rings is 6. The minimum Gasteiger partial charge on any atom is -0.319 e. The Morgan fingerprint density at radius 1 is 0.591 bits per heavy atom. The predicted octanol–water partition coefficient (Wildman–Crippen LogP) is 9.93. The summed E-state index contributed by atoms with van der Waals surface area (Å²) in [7, 11) is 1.87. The third-order valence-corrected chi connectivity index (χ3v) is 7.96. The van der Waals surface area contributed by atoms with E-state index in [9.17, 15) is 26.3 Å². The van der Waals surface area contributed by atoms with Gasteiger partial charge >= 0.3 is 12.4 Å². The molecule has 2 nitrogen and oxygen atoms in total. The van der Waals surface area contributed by atoms with Gasteiger partial charge in [-0.05, 0) is 62.0 Å². The maximum absolute atomic E-state index is 14.0. The summed E-state index contributed by atoms with van der Waals surface area (Å²) < 4.78 is 87.7. The molecule has 0 aliphatic carbocycles. The topological polar surface area (TPSA) is 8.81 Å². The van der Waals surface area contributed by atoms with E-state index in [4.69, 9.17) is 0 Å². The molecule has 0 unspecified atom stereocenters. The van der Waals surface area contributed by atoms with Crippen LogP contribution in [0.1, 0.15) is 11.1 Å². The van der Waals surface area contributed by atoms with Crippen molar-refractivity contribution in [1.29, 1.82) is 0 Å². The summed E-state index contributed by atoms with van der Waals surface area (Å²) in [4.78, 5) is 0. The molecule has 0 saturated heterocycles. The fourth-order valence-corrected chi connectivity index (χ4v) is 5.98. The van der Waals surface area contributed by atoms with Gasteiger partial charge in [0, 0.05) is 0 Å². The predicted molar refractivity (Wildman–Crippen MR) is 159 cm³/mol. The van der Waals surface area contributed by atoms with Crippen molar-refractivity contribution in [1.82, 2.24) is 4.57 Å². The van der Waals surface area contributed by atoms with Crippen LogP contribution < -0.4 is 4.57 Å². The summed E-state index contributed by atoms with van der Waals surface area (Å²) in [6, 6.07) is 31.6. The fraction of sp³-hybridized carbons (Fsp3) is 0.0833. The van der Waals surface area contributed by atoms with Crippen molar-refractivity contribution in [3.05, 3.63) is 133 Å². The summed E-state index contributed by atoms with van der Waals surface area (Å²) in [6.45, 7) is 0. The molecule has 0 aliphatic rings. The summed E-state index contributed by atoms with van der Waals surface area (Å²) in [5.41, 5.74) is 0.949. The van der Waals surface area contributed by atoms with Gasteiger partial charge in [-0.1, -0.05) is 97.1 Å². The average molecular weight is 597 g/mol. The van der Waals surface area contributed by atoms with Crippen LogP contribution in [0.5, 0.6) is 0 Å². The van der Waals surface area contributed by atoms with E-state index in [1.54, 1.807) is 12.1 Å². The van der Waals surface area contributed by atoms with Gasteiger partial charge in [-0.2, -0.15) is 26.3 Å². The van der Waals surface area contributed by atoms with E-state index in [1.807, 2.05) is 101 Å². The van der Waals surface area contributed by atoms with Gasteiger partial charge in [0.15, 0.2) is 0 Å². The largest absolute Gasteiger partial charge is 0.416 e. The average Bonchev–Trinajstić information content (AvgIpc) is 3.35. The van der Waals surface area contributed by atoms with E-state index in [-0.39, 0.29) is 17.2 Å². The molecule has 0 saturated carbocycles. The lowest BCUT2D eigenvalue weighted by molar-refractivity contribution is -0.572. The Hall–Kier alpha value is -5.11. The van der Waals surface area contributed by atoms with Crippen LogP contribution in [-0.4, -0.2) is 4.57 Å². The van der Waals surface area contributed by atoms with Crippen LogP contribution in [0.25, 0.3) is 60.5 Å². The van der Waals surface area contributed by atoms with Gasteiger partial charge in [0.1, 0.15) is 0 Å². The number of hydrogen-bond acceptors (Lipinski definition) is 0. The number of hydrogen-bond donors (Lipinski definition) is 0. The van der Waals surface area contributed by atoms with E-state index >= 15 is 0 Å². The van der Waals surface area contributed by atoms with Gasteiger partial charge in [0.2, 0.25) is 6.33 Å². The van der Waals surface area contributed by atoms with E-state index in [0.717, 1.165) is 39.3 Å². The Bertz CT molecular complexity index is 2190. The molecule has 0 atom stereocenters. The second kappa shape index (κ2) is 9.98. The molecule has 0 amide bonds. The number of alkyl halides is 6. The van der Waals surface area contributed by atoms with Crippen molar-refractivity contribution in [2.45, 2.75) is 12.4 Å². The molecule has 7 rings (SSSR count). The van der Waals surface area contributed by atoms with E-state index in [2.05, 4.69) is 6.33 Å². The number of rotatable bonds is 3. The molecule has 44 heavy (non-hydrogen) atoms. The molecule has 1 aromatic heterocycles. The fourth-order valence-electron chi connectivity index (χ4n) is 5.98. The molecule has 218 valence electrons. The number of imidazole rings is 1. The lowest BCUT2D eigenvalue weighted by Gasteiger charge is -2.22. The number of nitrogens with zero attached hydrogens (tertiary/aromatic N) is 2. The number of aryl methyl sites for hydroxylation is 1. The molecule has 0 fully saturated rings. The summed E-state index contributed by atoms with van der Waals surface area (Å²) in [5, 5.41) is 3.14. The first-order chi connectivity index (χ1) is 21.0. The Morgan fingerprint density at radius 2 is 1.14 bits per heavy atom. The van der Waals surface area contributed by atoms with Gasteiger partial charge in [0.05, 0.1) is 34.9 Å². The normalized spacial score (nSPS) is 12.4. The minimum atomic E-state index is -4.98. The van der Waals surface area contributed by atoms with Crippen molar-refractivity contribution in [2.75, 3.05) is 0 Å². The SMILES string of the molecule is Cn1[c-][n+](-c2ccc3ccccc3c2-c2c(-c3cc(C(F)(F)F)cc(C(F)(F)F)c3)ccc3ccccc23)c2ccccc21. The van der Waals surface area contributed by atoms with Crippen molar-refractivity contribution in [3.8, 4) is 27.9 Å². The number of para-hydroxylation sites is 2. The number of halogens is 6. The van der Waals surface area contributed by atoms with Crippen molar-refractivity contribution in [3.63, 3.8) is 0 Å². The molecule has 7 aromatic rings. The van der Waals surface area contributed by atoms with E-state index < -0.39 is 23.5 Å². The van der Waals surface area contributed by atoms with Crippen molar-refractivity contribution in [2.24, 2.45) is 7.05 Å². The first kappa shape index (κ1) is 27.7. The quantitative estimate of drug-likeness (QED) is 0.109. The molecule has 6 aromatic carbocycles. The summed E-state index contributed by atoms with van der Waals surface area (Å²) in [5.74, 6) is 0. The van der Waals surface area contributed by atoms with Gasteiger partial charge < -0.3 is 9.13 Å². The van der Waals surface area contributed by atoms with Gasteiger partial charge in [-0.25, -0.2) is 0 Å². The highest BCUT2D eigenvalue weighted by Gasteiger charge is 2.37. The molecule has 0 bridgehead atoms. The molecule has 0 spiro atoms. The lowest BCUT2D eigenvalue weighted by atomic mass is 9.85. The molecular formula is C36H22F6N2. The zero-order chi connectivity index (χ0) is 30.8. The second-order valence-corrected chi connectivity index (χ2v) is 10.7. The minimum absolute atomic E-state index is 0.161.